The molecule has 3 heterocycles. The fraction of sp³-hybridized carbons (Fsp3) is 0.385. The molecule has 5 nitrogen and oxygen atoms in total. The number of hydrogen-bond acceptors (Lipinski definition) is 4. The lowest BCUT2D eigenvalue weighted by molar-refractivity contribution is 0.0699. The molecule has 0 amide bonds. The zero-order valence-corrected chi connectivity index (χ0v) is 10.1. The highest BCUT2D eigenvalue weighted by Crippen LogP contribution is 2.30. The smallest absolute Gasteiger partial charge is 0.0953 e. The first-order valence-corrected chi connectivity index (χ1v) is 6.15. The van der Waals surface area contributed by atoms with Gasteiger partial charge >= 0.3 is 0 Å². The van der Waals surface area contributed by atoms with Gasteiger partial charge in [-0.25, -0.2) is 4.98 Å². The number of aromatic nitrogens is 3. The van der Waals surface area contributed by atoms with Crippen molar-refractivity contribution in [1.82, 2.24) is 14.5 Å². The standard InChI is InChI=1S/C13H16N4O/c14-12-1-4-15-7-11(12)13-8-16-9-17(13)10-2-5-18-6-3-10/h1,4,7-10H,2-3,5-6H2,(H2,14,15). The molecule has 0 aromatic carbocycles. The van der Waals surface area contributed by atoms with E-state index >= 15 is 0 Å². The first kappa shape index (κ1) is 11.2. The van der Waals surface area contributed by atoms with Crippen LogP contribution in [0.3, 0.4) is 0 Å². The Morgan fingerprint density at radius 3 is 2.83 bits per heavy atom. The van der Waals surface area contributed by atoms with Crippen molar-refractivity contribution in [2.45, 2.75) is 18.9 Å². The van der Waals surface area contributed by atoms with Crippen LogP contribution in [0.2, 0.25) is 0 Å². The summed E-state index contributed by atoms with van der Waals surface area (Å²) in [5, 5.41) is 0. The molecule has 1 aliphatic heterocycles. The maximum atomic E-state index is 6.00. The van der Waals surface area contributed by atoms with E-state index in [9.17, 15) is 0 Å². The van der Waals surface area contributed by atoms with Gasteiger partial charge in [0, 0.05) is 42.9 Å². The second kappa shape index (κ2) is 4.78. The maximum absolute atomic E-state index is 6.00. The van der Waals surface area contributed by atoms with E-state index in [1.165, 1.54) is 0 Å². The van der Waals surface area contributed by atoms with Gasteiger partial charge in [-0.15, -0.1) is 0 Å². The molecule has 2 aromatic heterocycles. The van der Waals surface area contributed by atoms with Gasteiger partial charge in [-0.1, -0.05) is 0 Å². The summed E-state index contributed by atoms with van der Waals surface area (Å²) in [6.45, 7) is 1.62. The maximum Gasteiger partial charge on any atom is 0.0953 e. The van der Waals surface area contributed by atoms with Crippen LogP contribution >= 0.6 is 0 Å². The summed E-state index contributed by atoms with van der Waals surface area (Å²) in [6, 6.07) is 2.26. The molecule has 0 bridgehead atoms. The topological polar surface area (TPSA) is 66.0 Å². The minimum Gasteiger partial charge on any atom is -0.398 e. The molecule has 1 aliphatic rings. The van der Waals surface area contributed by atoms with Gasteiger partial charge < -0.3 is 15.0 Å². The monoisotopic (exact) mass is 244 g/mol. The van der Waals surface area contributed by atoms with Crippen LogP contribution in [0.4, 0.5) is 5.69 Å². The van der Waals surface area contributed by atoms with Crippen LogP contribution in [-0.2, 0) is 4.74 Å². The Bertz CT molecular complexity index is 531. The minimum absolute atomic E-state index is 0.441. The molecule has 2 aromatic rings. The molecule has 0 spiro atoms. The Kier molecular flexibility index (Phi) is 2.98. The van der Waals surface area contributed by atoms with E-state index in [4.69, 9.17) is 10.5 Å². The zero-order valence-electron chi connectivity index (χ0n) is 10.1. The van der Waals surface area contributed by atoms with Crippen LogP contribution in [0.15, 0.2) is 31.0 Å². The molecular formula is C13H16N4O. The number of nitrogens with zero attached hydrogens (tertiary/aromatic N) is 3. The lowest BCUT2D eigenvalue weighted by Gasteiger charge is -2.25. The van der Waals surface area contributed by atoms with Gasteiger partial charge in [0.15, 0.2) is 0 Å². The summed E-state index contributed by atoms with van der Waals surface area (Å²) in [7, 11) is 0. The summed E-state index contributed by atoms with van der Waals surface area (Å²) in [4.78, 5) is 8.40. The number of nitrogens with two attached hydrogens (primary N) is 1. The van der Waals surface area contributed by atoms with Crippen molar-refractivity contribution >= 4 is 5.69 Å². The molecule has 0 aliphatic carbocycles. The van der Waals surface area contributed by atoms with Crippen LogP contribution in [0.1, 0.15) is 18.9 Å². The van der Waals surface area contributed by atoms with Gasteiger partial charge in [0.2, 0.25) is 0 Å². The normalized spacial score (nSPS) is 16.9. The van der Waals surface area contributed by atoms with E-state index in [0.717, 1.165) is 43.0 Å². The number of hydrogen-bond donors (Lipinski definition) is 1. The largest absolute Gasteiger partial charge is 0.398 e. The fourth-order valence-electron chi connectivity index (χ4n) is 2.39. The van der Waals surface area contributed by atoms with Crippen molar-refractivity contribution in [3.05, 3.63) is 31.0 Å². The van der Waals surface area contributed by atoms with E-state index in [-0.39, 0.29) is 0 Å². The van der Waals surface area contributed by atoms with Crippen molar-refractivity contribution < 1.29 is 4.74 Å². The average molecular weight is 244 g/mol. The van der Waals surface area contributed by atoms with Gasteiger partial charge in [0.25, 0.3) is 0 Å². The van der Waals surface area contributed by atoms with E-state index in [2.05, 4.69) is 14.5 Å². The van der Waals surface area contributed by atoms with Gasteiger partial charge in [-0.2, -0.15) is 0 Å². The molecule has 0 radical (unpaired) electrons. The highest BCUT2D eigenvalue weighted by Gasteiger charge is 2.19. The molecule has 3 rings (SSSR count). The SMILES string of the molecule is Nc1ccncc1-c1cncn1C1CCOCC1. The summed E-state index contributed by atoms with van der Waals surface area (Å²) < 4.78 is 7.59. The predicted octanol–water partition coefficient (Wildman–Crippen LogP) is 1.88. The van der Waals surface area contributed by atoms with Gasteiger partial charge in [-0.05, 0) is 18.9 Å². The average Bonchev–Trinajstić information content (AvgIpc) is 2.89. The molecule has 0 unspecified atom stereocenters. The molecule has 2 N–H and O–H groups in total. The Labute approximate surface area is 106 Å². The Hall–Kier alpha value is -1.88. The van der Waals surface area contributed by atoms with Gasteiger partial charge in [0.1, 0.15) is 0 Å². The molecule has 0 atom stereocenters. The van der Waals surface area contributed by atoms with Crippen molar-refractivity contribution in [2.24, 2.45) is 0 Å². The number of ether oxygens (including phenoxy) is 1. The Balaban J connectivity index is 1.98. The second-order valence-electron chi connectivity index (χ2n) is 4.49. The van der Waals surface area contributed by atoms with Crippen molar-refractivity contribution in [3.8, 4) is 11.3 Å². The Morgan fingerprint density at radius 1 is 1.22 bits per heavy atom. The summed E-state index contributed by atoms with van der Waals surface area (Å²) >= 11 is 0. The number of anilines is 1. The van der Waals surface area contributed by atoms with E-state index in [1.54, 1.807) is 12.4 Å². The molecule has 1 saturated heterocycles. The lowest BCUT2D eigenvalue weighted by Crippen LogP contribution is -2.19. The summed E-state index contributed by atoms with van der Waals surface area (Å²) in [6.07, 6.45) is 9.25. The molecular weight excluding hydrogens is 228 g/mol. The van der Waals surface area contributed by atoms with Crippen LogP contribution < -0.4 is 5.73 Å². The van der Waals surface area contributed by atoms with Gasteiger partial charge in [-0.3, -0.25) is 4.98 Å². The van der Waals surface area contributed by atoms with E-state index in [1.807, 2.05) is 18.6 Å². The highest BCUT2D eigenvalue weighted by molar-refractivity contribution is 5.72. The fourth-order valence-corrected chi connectivity index (χ4v) is 2.39. The van der Waals surface area contributed by atoms with Crippen LogP contribution in [-0.4, -0.2) is 27.7 Å². The third-order valence-electron chi connectivity index (χ3n) is 3.38. The van der Waals surface area contributed by atoms with Crippen molar-refractivity contribution in [1.29, 1.82) is 0 Å². The third-order valence-corrected chi connectivity index (χ3v) is 3.38. The molecule has 18 heavy (non-hydrogen) atoms. The van der Waals surface area contributed by atoms with Crippen molar-refractivity contribution in [3.63, 3.8) is 0 Å². The number of pyridine rings is 1. The van der Waals surface area contributed by atoms with Crippen LogP contribution in [0.25, 0.3) is 11.3 Å². The van der Waals surface area contributed by atoms with Crippen LogP contribution in [0.5, 0.6) is 0 Å². The molecule has 0 saturated carbocycles. The van der Waals surface area contributed by atoms with Crippen molar-refractivity contribution in [2.75, 3.05) is 18.9 Å². The van der Waals surface area contributed by atoms with E-state index in [0.29, 0.717) is 6.04 Å². The summed E-state index contributed by atoms with van der Waals surface area (Å²) in [5.74, 6) is 0. The lowest BCUT2D eigenvalue weighted by atomic mass is 10.1. The van der Waals surface area contributed by atoms with E-state index < -0.39 is 0 Å². The van der Waals surface area contributed by atoms with Crippen LogP contribution in [0, 0.1) is 0 Å². The molecule has 5 heteroatoms. The second-order valence-corrected chi connectivity index (χ2v) is 4.49. The first-order chi connectivity index (χ1) is 8.86. The highest BCUT2D eigenvalue weighted by atomic mass is 16.5. The third kappa shape index (κ3) is 1.97. The van der Waals surface area contributed by atoms with Gasteiger partial charge in [0.05, 0.1) is 18.2 Å². The Morgan fingerprint density at radius 2 is 2.06 bits per heavy atom. The quantitative estimate of drug-likeness (QED) is 0.876. The minimum atomic E-state index is 0.441. The summed E-state index contributed by atoms with van der Waals surface area (Å²) in [5.41, 5.74) is 8.72. The number of rotatable bonds is 2. The zero-order chi connectivity index (χ0) is 12.4. The molecule has 94 valence electrons. The molecule has 1 fully saturated rings. The number of nitrogen functional groups attached to an aromatic ring is 1. The first-order valence-electron chi connectivity index (χ1n) is 6.15. The predicted molar refractivity (Wildman–Crippen MR) is 69.0 cm³/mol. The number of imidazole rings is 1.